The highest BCUT2D eigenvalue weighted by atomic mass is 16.5. The normalized spacial score (nSPS) is 14.9. The lowest BCUT2D eigenvalue weighted by atomic mass is 9.98. The molecule has 31 heavy (non-hydrogen) atoms. The van der Waals surface area contributed by atoms with Gasteiger partial charge in [0.05, 0.1) is 12.2 Å². The maximum atomic E-state index is 9.94. The Balaban J connectivity index is 1.77. The number of hydrogen-bond donors (Lipinski definition) is 0. The third-order valence-corrected chi connectivity index (χ3v) is 5.66. The first kappa shape index (κ1) is 23.2. The highest BCUT2D eigenvalue weighted by molar-refractivity contribution is 5.75. The highest BCUT2D eigenvalue weighted by Crippen LogP contribution is 2.34. The number of ether oxygens (including phenoxy) is 2. The molecule has 4 heteroatoms. The molecule has 0 unspecified atom stereocenters. The van der Waals surface area contributed by atoms with E-state index in [4.69, 9.17) is 9.47 Å². The number of nitrogens with zero attached hydrogens (tertiary/aromatic N) is 2. The van der Waals surface area contributed by atoms with Crippen LogP contribution in [0.15, 0.2) is 42.5 Å². The SMILES string of the molecule is CC(C)(C)OCCC(C)(C)Oc1cccc(-c2ccc(N3CCCCC3)cc2)c1C#N. The van der Waals surface area contributed by atoms with Crippen molar-refractivity contribution in [2.75, 3.05) is 24.6 Å². The predicted molar refractivity (Wildman–Crippen MR) is 128 cm³/mol. The summed E-state index contributed by atoms with van der Waals surface area (Å²) in [7, 11) is 0. The summed E-state index contributed by atoms with van der Waals surface area (Å²) >= 11 is 0. The lowest BCUT2D eigenvalue weighted by Gasteiger charge is -2.29. The van der Waals surface area contributed by atoms with Crippen molar-refractivity contribution in [2.45, 2.75) is 71.5 Å². The number of rotatable bonds is 7. The molecule has 0 amide bonds. The summed E-state index contributed by atoms with van der Waals surface area (Å²) in [5.74, 6) is 0.626. The van der Waals surface area contributed by atoms with Crippen molar-refractivity contribution < 1.29 is 9.47 Å². The Kier molecular flexibility index (Phi) is 7.28. The predicted octanol–water partition coefficient (Wildman–Crippen LogP) is 6.58. The van der Waals surface area contributed by atoms with Crippen LogP contribution in [-0.2, 0) is 4.74 Å². The van der Waals surface area contributed by atoms with E-state index in [0.29, 0.717) is 17.9 Å². The molecule has 0 aromatic heterocycles. The summed E-state index contributed by atoms with van der Waals surface area (Å²) < 4.78 is 12.2. The zero-order valence-corrected chi connectivity index (χ0v) is 19.7. The maximum Gasteiger partial charge on any atom is 0.138 e. The maximum absolute atomic E-state index is 9.94. The zero-order valence-electron chi connectivity index (χ0n) is 19.7. The average molecular weight is 421 g/mol. The van der Waals surface area contributed by atoms with Gasteiger partial charge in [-0.1, -0.05) is 24.3 Å². The Morgan fingerprint density at radius 2 is 1.61 bits per heavy atom. The smallest absolute Gasteiger partial charge is 0.138 e. The first-order chi connectivity index (χ1) is 14.7. The van der Waals surface area contributed by atoms with Crippen LogP contribution in [0.2, 0.25) is 0 Å². The quantitative estimate of drug-likeness (QED) is 0.508. The molecule has 0 atom stereocenters. The van der Waals surface area contributed by atoms with Crippen molar-refractivity contribution in [3.05, 3.63) is 48.0 Å². The number of hydrogen-bond acceptors (Lipinski definition) is 4. The van der Waals surface area contributed by atoms with E-state index in [2.05, 4.69) is 56.0 Å². The van der Waals surface area contributed by atoms with Gasteiger partial charge in [-0.3, -0.25) is 0 Å². The lowest BCUT2D eigenvalue weighted by molar-refractivity contribution is -0.0293. The molecule has 3 rings (SSSR count). The highest BCUT2D eigenvalue weighted by Gasteiger charge is 2.24. The summed E-state index contributed by atoms with van der Waals surface area (Å²) in [5.41, 5.74) is 3.18. The van der Waals surface area contributed by atoms with Gasteiger partial charge in [-0.15, -0.1) is 0 Å². The molecular weight excluding hydrogens is 384 g/mol. The fraction of sp³-hybridized carbons (Fsp3) is 0.519. The average Bonchev–Trinajstić information content (AvgIpc) is 2.73. The van der Waals surface area contributed by atoms with E-state index in [1.165, 1.54) is 24.9 Å². The molecule has 1 saturated heterocycles. The molecule has 166 valence electrons. The lowest BCUT2D eigenvalue weighted by Crippen LogP contribution is -2.32. The van der Waals surface area contributed by atoms with Crippen molar-refractivity contribution in [3.8, 4) is 22.9 Å². The molecule has 0 saturated carbocycles. The van der Waals surface area contributed by atoms with Crippen LogP contribution >= 0.6 is 0 Å². The van der Waals surface area contributed by atoms with E-state index < -0.39 is 5.60 Å². The van der Waals surface area contributed by atoms with Gasteiger partial charge in [-0.25, -0.2) is 0 Å². The second-order valence-corrected chi connectivity index (χ2v) is 9.96. The second-order valence-electron chi connectivity index (χ2n) is 9.96. The first-order valence-corrected chi connectivity index (χ1v) is 11.4. The van der Waals surface area contributed by atoms with Gasteiger partial charge in [-0.2, -0.15) is 5.26 Å². The second kappa shape index (κ2) is 9.75. The fourth-order valence-corrected chi connectivity index (χ4v) is 3.93. The van der Waals surface area contributed by atoms with E-state index in [1.807, 2.05) is 32.0 Å². The van der Waals surface area contributed by atoms with Gasteiger partial charge in [-0.05, 0) is 77.6 Å². The molecule has 0 N–H and O–H groups in total. The standard InChI is InChI=1S/C27H36N2O2/c1-26(2,3)30-19-16-27(4,5)31-25-11-9-10-23(24(25)20-28)21-12-14-22(15-13-21)29-17-7-6-8-18-29/h9-15H,6-8,16-19H2,1-5H3. The van der Waals surface area contributed by atoms with E-state index in [0.717, 1.165) is 30.6 Å². The summed E-state index contributed by atoms with van der Waals surface area (Å²) in [6.07, 6.45) is 4.59. The third kappa shape index (κ3) is 6.48. The summed E-state index contributed by atoms with van der Waals surface area (Å²) in [4.78, 5) is 2.44. The van der Waals surface area contributed by atoms with Crippen LogP contribution in [0.1, 0.15) is 65.9 Å². The van der Waals surface area contributed by atoms with Gasteiger partial charge in [0.15, 0.2) is 0 Å². The van der Waals surface area contributed by atoms with Crippen molar-refractivity contribution in [3.63, 3.8) is 0 Å². The van der Waals surface area contributed by atoms with Crippen LogP contribution in [0.25, 0.3) is 11.1 Å². The Hall–Kier alpha value is -2.51. The Morgan fingerprint density at radius 3 is 2.23 bits per heavy atom. The van der Waals surface area contributed by atoms with E-state index in [9.17, 15) is 5.26 Å². The first-order valence-electron chi connectivity index (χ1n) is 11.4. The number of piperidine rings is 1. The van der Waals surface area contributed by atoms with Crippen LogP contribution in [-0.4, -0.2) is 30.9 Å². The van der Waals surface area contributed by atoms with Crippen LogP contribution in [0.5, 0.6) is 5.75 Å². The van der Waals surface area contributed by atoms with Gasteiger partial charge in [0.1, 0.15) is 23.0 Å². The van der Waals surface area contributed by atoms with Gasteiger partial charge in [0, 0.05) is 30.8 Å². The Labute approximate surface area is 187 Å². The van der Waals surface area contributed by atoms with Gasteiger partial charge in [0.2, 0.25) is 0 Å². The largest absolute Gasteiger partial charge is 0.486 e. The van der Waals surface area contributed by atoms with Crippen molar-refractivity contribution in [1.29, 1.82) is 5.26 Å². The number of nitriles is 1. The molecule has 0 aliphatic carbocycles. The Morgan fingerprint density at radius 1 is 0.935 bits per heavy atom. The summed E-state index contributed by atoms with van der Waals surface area (Å²) in [5, 5.41) is 9.94. The minimum atomic E-state index is -0.437. The van der Waals surface area contributed by atoms with Gasteiger partial charge in [0.25, 0.3) is 0 Å². The fourth-order valence-electron chi connectivity index (χ4n) is 3.93. The molecular formula is C27H36N2O2. The molecule has 4 nitrogen and oxygen atoms in total. The van der Waals surface area contributed by atoms with Gasteiger partial charge < -0.3 is 14.4 Å². The molecule has 1 fully saturated rings. The molecule has 0 radical (unpaired) electrons. The Bertz CT molecular complexity index is 898. The number of benzene rings is 2. The van der Waals surface area contributed by atoms with E-state index >= 15 is 0 Å². The molecule has 1 aliphatic heterocycles. The molecule has 2 aromatic carbocycles. The topological polar surface area (TPSA) is 45.5 Å². The summed E-state index contributed by atoms with van der Waals surface area (Å²) in [6.45, 7) is 13.1. The molecule has 1 aliphatic rings. The molecule has 0 spiro atoms. The third-order valence-electron chi connectivity index (χ3n) is 5.66. The van der Waals surface area contributed by atoms with Gasteiger partial charge >= 0.3 is 0 Å². The minimum Gasteiger partial charge on any atom is -0.486 e. The minimum absolute atomic E-state index is 0.172. The summed E-state index contributed by atoms with van der Waals surface area (Å²) in [6, 6.07) is 16.8. The van der Waals surface area contributed by atoms with Crippen LogP contribution in [0.3, 0.4) is 0 Å². The van der Waals surface area contributed by atoms with Crippen molar-refractivity contribution in [2.24, 2.45) is 0 Å². The molecule has 2 aromatic rings. The van der Waals surface area contributed by atoms with Crippen LogP contribution in [0.4, 0.5) is 5.69 Å². The van der Waals surface area contributed by atoms with Crippen molar-refractivity contribution >= 4 is 5.69 Å². The number of anilines is 1. The van der Waals surface area contributed by atoms with Crippen LogP contribution < -0.4 is 9.64 Å². The van der Waals surface area contributed by atoms with E-state index in [1.54, 1.807) is 0 Å². The monoisotopic (exact) mass is 420 g/mol. The van der Waals surface area contributed by atoms with E-state index in [-0.39, 0.29) is 5.60 Å². The molecule has 0 bridgehead atoms. The molecule has 1 heterocycles. The zero-order chi connectivity index (χ0) is 22.5. The van der Waals surface area contributed by atoms with Crippen molar-refractivity contribution in [1.82, 2.24) is 0 Å². The van der Waals surface area contributed by atoms with Crippen LogP contribution in [0, 0.1) is 11.3 Å².